The van der Waals surface area contributed by atoms with E-state index in [1.165, 1.54) is 38.5 Å². The van der Waals surface area contributed by atoms with Crippen molar-refractivity contribution in [2.45, 2.75) is 44.6 Å². The summed E-state index contributed by atoms with van der Waals surface area (Å²) in [5.41, 5.74) is 5.64. The Hall–Kier alpha value is 0.690. The van der Waals surface area contributed by atoms with Gasteiger partial charge in [0.05, 0.1) is 6.10 Å². The van der Waals surface area contributed by atoms with Crippen LogP contribution in [-0.4, -0.2) is 24.6 Å². The minimum atomic E-state index is 0. The molecule has 0 unspecified atom stereocenters. The van der Waals surface area contributed by atoms with Gasteiger partial charge in [0.15, 0.2) is 0 Å². The summed E-state index contributed by atoms with van der Waals surface area (Å²) in [6, 6.07) is 0. The SMILES string of the molecule is Cl.NC[C@H]1CC[C@H](OCCCCBr)CC1. The van der Waals surface area contributed by atoms with Crippen molar-refractivity contribution in [1.82, 2.24) is 0 Å². The molecule has 92 valence electrons. The van der Waals surface area contributed by atoms with Crippen LogP contribution in [0.2, 0.25) is 0 Å². The first-order valence-electron chi connectivity index (χ1n) is 5.74. The van der Waals surface area contributed by atoms with Gasteiger partial charge in [-0.05, 0) is 51.0 Å². The normalized spacial score (nSPS) is 26.0. The van der Waals surface area contributed by atoms with E-state index in [4.69, 9.17) is 10.5 Å². The van der Waals surface area contributed by atoms with Crippen LogP contribution >= 0.6 is 28.3 Å². The molecule has 0 aromatic carbocycles. The zero-order valence-corrected chi connectivity index (χ0v) is 11.7. The monoisotopic (exact) mass is 299 g/mol. The molecule has 0 amide bonds. The largest absolute Gasteiger partial charge is 0.378 e. The van der Waals surface area contributed by atoms with E-state index in [0.29, 0.717) is 6.10 Å². The smallest absolute Gasteiger partial charge is 0.0575 e. The fourth-order valence-electron chi connectivity index (χ4n) is 1.98. The van der Waals surface area contributed by atoms with Gasteiger partial charge in [-0.3, -0.25) is 0 Å². The first-order valence-corrected chi connectivity index (χ1v) is 6.86. The summed E-state index contributed by atoms with van der Waals surface area (Å²) < 4.78 is 5.82. The topological polar surface area (TPSA) is 35.2 Å². The van der Waals surface area contributed by atoms with Crippen molar-refractivity contribution < 1.29 is 4.74 Å². The Labute approximate surface area is 108 Å². The highest BCUT2D eigenvalue weighted by atomic mass is 79.9. The van der Waals surface area contributed by atoms with Crippen molar-refractivity contribution in [3.63, 3.8) is 0 Å². The molecule has 1 rings (SSSR count). The van der Waals surface area contributed by atoms with Crippen molar-refractivity contribution in [3.8, 4) is 0 Å². The maximum atomic E-state index is 5.82. The molecule has 1 aliphatic carbocycles. The van der Waals surface area contributed by atoms with Crippen LogP contribution in [0.15, 0.2) is 0 Å². The van der Waals surface area contributed by atoms with Gasteiger partial charge in [0.1, 0.15) is 0 Å². The van der Waals surface area contributed by atoms with Crippen molar-refractivity contribution >= 4 is 28.3 Å². The minimum Gasteiger partial charge on any atom is -0.378 e. The molecule has 1 saturated carbocycles. The number of unbranched alkanes of at least 4 members (excludes halogenated alkanes) is 1. The van der Waals surface area contributed by atoms with Crippen molar-refractivity contribution in [1.29, 1.82) is 0 Å². The highest BCUT2D eigenvalue weighted by Crippen LogP contribution is 2.25. The molecule has 0 heterocycles. The summed E-state index contributed by atoms with van der Waals surface area (Å²) in [5.74, 6) is 0.761. The molecule has 0 atom stereocenters. The third kappa shape index (κ3) is 6.77. The maximum Gasteiger partial charge on any atom is 0.0575 e. The van der Waals surface area contributed by atoms with Crippen LogP contribution < -0.4 is 5.73 Å². The zero-order valence-electron chi connectivity index (χ0n) is 9.29. The Morgan fingerprint density at radius 2 is 1.80 bits per heavy atom. The fraction of sp³-hybridized carbons (Fsp3) is 1.00. The Bertz CT molecular complexity index is 141. The first kappa shape index (κ1) is 15.7. The molecule has 1 fully saturated rings. The number of hydrogen-bond acceptors (Lipinski definition) is 2. The van der Waals surface area contributed by atoms with Crippen molar-refractivity contribution in [3.05, 3.63) is 0 Å². The predicted octanol–water partition coefficient (Wildman–Crippen LogP) is 3.12. The lowest BCUT2D eigenvalue weighted by molar-refractivity contribution is 0.0177. The van der Waals surface area contributed by atoms with Crippen LogP contribution in [0, 0.1) is 5.92 Å². The van der Waals surface area contributed by atoms with E-state index in [1.807, 2.05) is 0 Å². The maximum absolute atomic E-state index is 5.82. The Kier molecular flexibility index (Phi) is 10.3. The number of ether oxygens (including phenoxy) is 1. The van der Waals surface area contributed by atoms with Gasteiger partial charge < -0.3 is 10.5 Å². The second-order valence-electron chi connectivity index (χ2n) is 4.15. The number of rotatable bonds is 6. The van der Waals surface area contributed by atoms with Crippen molar-refractivity contribution in [2.24, 2.45) is 11.7 Å². The third-order valence-electron chi connectivity index (χ3n) is 3.01. The molecule has 0 radical (unpaired) electrons. The fourth-order valence-corrected chi connectivity index (χ4v) is 2.38. The van der Waals surface area contributed by atoms with Crippen LogP contribution in [0.5, 0.6) is 0 Å². The zero-order chi connectivity index (χ0) is 10.2. The van der Waals surface area contributed by atoms with Gasteiger partial charge in [0.25, 0.3) is 0 Å². The van der Waals surface area contributed by atoms with E-state index in [2.05, 4.69) is 15.9 Å². The average molecular weight is 301 g/mol. The van der Waals surface area contributed by atoms with Gasteiger partial charge in [0, 0.05) is 11.9 Å². The second kappa shape index (κ2) is 9.88. The second-order valence-corrected chi connectivity index (χ2v) is 4.94. The van der Waals surface area contributed by atoms with Gasteiger partial charge in [-0.15, -0.1) is 12.4 Å². The van der Waals surface area contributed by atoms with Crippen LogP contribution in [0.4, 0.5) is 0 Å². The average Bonchev–Trinajstić information content (AvgIpc) is 2.25. The molecular formula is C11H23BrClNO. The van der Waals surface area contributed by atoms with E-state index >= 15 is 0 Å². The quantitative estimate of drug-likeness (QED) is 0.604. The Balaban J connectivity index is 0.00000196. The summed E-state index contributed by atoms with van der Waals surface area (Å²) in [6.45, 7) is 1.79. The van der Waals surface area contributed by atoms with Gasteiger partial charge in [-0.25, -0.2) is 0 Å². The molecule has 0 saturated heterocycles. The summed E-state index contributed by atoms with van der Waals surface area (Å²) in [4.78, 5) is 0. The lowest BCUT2D eigenvalue weighted by atomic mass is 9.87. The van der Waals surface area contributed by atoms with Crippen molar-refractivity contribution in [2.75, 3.05) is 18.5 Å². The summed E-state index contributed by atoms with van der Waals surface area (Å²) >= 11 is 3.42. The van der Waals surface area contributed by atoms with E-state index in [1.54, 1.807) is 0 Å². The van der Waals surface area contributed by atoms with Gasteiger partial charge in [-0.2, -0.15) is 0 Å². The van der Waals surface area contributed by atoms with Crippen LogP contribution in [0.1, 0.15) is 38.5 Å². The Morgan fingerprint density at radius 3 is 2.33 bits per heavy atom. The summed E-state index contributed by atoms with van der Waals surface area (Å²) in [5, 5.41) is 1.09. The standard InChI is InChI=1S/C11H22BrNO.ClH/c12-7-1-2-8-14-11-5-3-10(9-13)4-6-11;/h10-11H,1-9,13H2;1H/t10-,11-;. The van der Waals surface area contributed by atoms with E-state index < -0.39 is 0 Å². The molecule has 2 N–H and O–H groups in total. The summed E-state index contributed by atoms with van der Waals surface area (Å²) in [7, 11) is 0. The molecule has 4 heteroatoms. The number of hydrogen-bond donors (Lipinski definition) is 1. The molecule has 0 aromatic rings. The van der Waals surface area contributed by atoms with Gasteiger partial charge in [0.2, 0.25) is 0 Å². The highest BCUT2D eigenvalue weighted by Gasteiger charge is 2.20. The van der Waals surface area contributed by atoms with E-state index in [9.17, 15) is 0 Å². The molecule has 2 nitrogen and oxygen atoms in total. The summed E-state index contributed by atoms with van der Waals surface area (Å²) in [6.07, 6.45) is 7.89. The molecule has 1 aliphatic rings. The number of nitrogens with two attached hydrogens (primary N) is 1. The lowest BCUT2D eigenvalue weighted by Crippen LogP contribution is -2.26. The van der Waals surface area contributed by atoms with E-state index in [-0.39, 0.29) is 12.4 Å². The lowest BCUT2D eigenvalue weighted by Gasteiger charge is -2.27. The Morgan fingerprint density at radius 1 is 1.13 bits per heavy atom. The number of alkyl halides is 1. The first-order chi connectivity index (χ1) is 6.86. The molecule has 0 spiro atoms. The molecular weight excluding hydrogens is 277 g/mol. The molecule has 0 aromatic heterocycles. The molecule has 0 bridgehead atoms. The predicted molar refractivity (Wildman–Crippen MR) is 71.0 cm³/mol. The molecule has 15 heavy (non-hydrogen) atoms. The highest BCUT2D eigenvalue weighted by molar-refractivity contribution is 9.09. The molecule has 0 aliphatic heterocycles. The van der Waals surface area contributed by atoms with Crippen LogP contribution in [-0.2, 0) is 4.74 Å². The van der Waals surface area contributed by atoms with Gasteiger partial charge >= 0.3 is 0 Å². The van der Waals surface area contributed by atoms with Crippen LogP contribution in [0.3, 0.4) is 0 Å². The van der Waals surface area contributed by atoms with Gasteiger partial charge in [-0.1, -0.05) is 15.9 Å². The number of halogens is 2. The minimum absolute atomic E-state index is 0. The third-order valence-corrected chi connectivity index (χ3v) is 3.57. The van der Waals surface area contributed by atoms with Crippen LogP contribution in [0.25, 0.3) is 0 Å². The van der Waals surface area contributed by atoms with E-state index in [0.717, 1.165) is 24.4 Å².